The highest BCUT2D eigenvalue weighted by Crippen LogP contribution is 2.29. The van der Waals surface area contributed by atoms with E-state index in [1.54, 1.807) is 7.11 Å². The van der Waals surface area contributed by atoms with Gasteiger partial charge in [-0.05, 0) is 38.0 Å². The molecule has 0 bridgehead atoms. The first kappa shape index (κ1) is 13.5. The number of benzene rings is 1. The molecule has 0 spiro atoms. The van der Waals surface area contributed by atoms with Gasteiger partial charge in [0.05, 0.1) is 12.6 Å². The van der Waals surface area contributed by atoms with Crippen LogP contribution in [0.3, 0.4) is 0 Å². The second-order valence-electron chi connectivity index (χ2n) is 4.93. The number of aryl methyl sites for hydroxylation is 1. The predicted molar refractivity (Wildman–Crippen MR) is 74.8 cm³/mol. The molecule has 0 saturated heterocycles. The molecule has 1 N–H and O–H groups in total. The van der Waals surface area contributed by atoms with Crippen molar-refractivity contribution in [2.45, 2.75) is 32.7 Å². The summed E-state index contributed by atoms with van der Waals surface area (Å²) in [5.74, 6) is 0.0521. The zero-order valence-corrected chi connectivity index (χ0v) is 11.5. The van der Waals surface area contributed by atoms with Crippen molar-refractivity contribution in [3.05, 3.63) is 30.0 Å². The molecule has 0 fully saturated rings. The van der Waals surface area contributed by atoms with Crippen LogP contribution in [-0.2, 0) is 11.2 Å². The highest BCUT2D eigenvalue weighted by Gasteiger charge is 2.12. The van der Waals surface area contributed by atoms with Crippen LogP contribution < -0.4 is 4.74 Å². The van der Waals surface area contributed by atoms with Crippen molar-refractivity contribution in [3.8, 4) is 5.75 Å². The van der Waals surface area contributed by atoms with E-state index in [1.807, 2.05) is 18.2 Å². The number of ether oxygens (including phenoxy) is 1. The molecule has 0 unspecified atom stereocenters. The molecule has 2 rings (SSSR count). The fraction of sp³-hybridized carbons (Fsp3) is 0.400. The van der Waals surface area contributed by atoms with E-state index in [2.05, 4.69) is 24.6 Å². The minimum absolute atomic E-state index is 0.156. The molecule has 1 heterocycles. The molecule has 4 heteroatoms. The topological polar surface area (TPSA) is 51.5 Å². The van der Waals surface area contributed by atoms with Crippen molar-refractivity contribution >= 4 is 16.9 Å². The van der Waals surface area contributed by atoms with Gasteiger partial charge in [0.25, 0.3) is 0 Å². The summed E-state index contributed by atoms with van der Waals surface area (Å²) in [7, 11) is 1.65. The highest BCUT2D eigenvalue weighted by atomic mass is 16.5. The molecular formula is C15H19NO3. The molecule has 2 aromatic rings. The lowest BCUT2D eigenvalue weighted by molar-refractivity contribution is -0.136. The molecule has 0 saturated carbocycles. The fourth-order valence-corrected chi connectivity index (χ4v) is 2.30. The van der Waals surface area contributed by atoms with Gasteiger partial charge in [-0.2, -0.15) is 0 Å². The van der Waals surface area contributed by atoms with Crippen LogP contribution in [0.4, 0.5) is 0 Å². The van der Waals surface area contributed by atoms with Crippen molar-refractivity contribution in [1.82, 2.24) is 4.57 Å². The zero-order valence-electron chi connectivity index (χ0n) is 11.5. The van der Waals surface area contributed by atoms with Crippen LogP contribution in [-0.4, -0.2) is 22.8 Å². The number of hydrogen-bond donors (Lipinski definition) is 1. The van der Waals surface area contributed by atoms with Crippen LogP contribution in [0.2, 0.25) is 0 Å². The Balaban J connectivity index is 2.50. The lowest BCUT2D eigenvalue weighted by Crippen LogP contribution is -1.99. The van der Waals surface area contributed by atoms with Crippen molar-refractivity contribution in [2.24, 2.45) is 0 Å². The number of rotatable bonds is 5. The Morgan fingerprint density at radius 1 is 1.42 bits per heavy atom. The Hall–Kier alpha value is -1.97. The smallest absolute Gasteiger partial charge is 0.303 e. The molecule has 102 valence electrons. The van der Waals surface area contributed by atoms with Crippen LogP contribution in [0.5, 0.6) is 5.75 Å². The van der Waals surface area contributed by atoms with E-state index < -0.39 is 5.97 Å². The molecule has 4 nitrogen and oxygen atoms in total. The number of nitrogens with zero attached hydrogens (tertiary/aromatic N) is 1. The van der Waals surface area contributed by atoms with Gasteiger partial charge < -0.3 is 14.4 Å². The average Bonchev–Trinajstić information content (AvgIpc) is 2.74. The lowest BCUT2D eigenvalue weighted by Gasteiger charge is -2.09. The monoisotopic (exact) mass is 261 g/mol. The summed E-state index contributed by atoms with van der Waals surface area (Å²) in [5.41, 5.74) is 2.17. The minimum Gasteiger partial charge on any atom is -0.497 e. The molecule has 0 aliphatic carbocycles. The van der Waals surface area contributed by atoms with E-state index in [9.17, 15) is 4.79 Å². The normalized spacial score (nSPS) is 11.2. The molecule has 0 aliphatic heterocycles. The standard InChI is InChI=1S/C15H19NO3/c1-10(2)16-9-11(4-7-15(17)18)13-6-5-12(19-3)8-14(13)16/h5-6,8-10H,4,7H2,1-3H3,(H,17,18). The number of carbonyl (C=O) groups is 1. The number of carboxylic acids is 1. The van der Waals surface area contributed by atoms with Crippen LogP contribution in [0.25, 0.3) is 10.9 Å². The van der Waals surface area contributed by atoms with Crippen LogP contribution in [0.1, 0.15) is 31.9 Å². The summed E-state index contributed by atoms with van der Waals surface area (Å²) in [6, 6.07) is 6.24. The maximum absolute atomic E-state index is 10.7. The molecule has 0 amide bonds. The summed E-state index contributed by atoms with van der Waals surface area (Å²) in [6.07, 6.45) is 2.76. The summed E-state index contributed by atoms with van der Waals surface area (Å²) in [6.45, 7) is 4.22. The Morgan fingerprint density at radius 2 is 2.16 bits per heavy atom. The van der Waals surface area contributed by atoms with E-state index in [0.29, 0.717) is 12.5 Å². The Kier molecular flexibility index (Phi) is 3.79. The maximum Gasteiger partial charge on any atom is 0.303 e. The zero-order chi connectivity index (χ0) is 14.0. The number of aliphatic carboxylic acids is 1. The van der Waals surface area contributed by atoms with Gasteiger partial charge >= 0.3 is 5.97 Å². The first-order valence-corrected chi connectivity index (χ1v) is 6.42. The second kappa shape index (κ2) is 5.34. The molecule has 0 atom stereocenters. The fourth-order valence-electron chi connectivity index (χ4n) is 2.30. The molecule has 1 aromatic carbocycles. The van der Waals surface area contributed by atoms with E-state index >= 15 is 0 Å². The molecule has 1 aromatic heterocycles. The van der Waals surface area contributed by atoms with Crippen molar-refractivity contribution in [2.75, 3.05) is 7.11 Å². The van der Waals surface area contributed by atoms with Gasteiger partial charge in [-0.3, -0.25) is 4.79 Å². The first-order valence-electron chi connectivity index (χ1n) is 6.42. The van der Waals surface area contributed by atoms with Gasteiger partial charge in [0.15, 0.2) is 0 Å². The van der Waals surface area contributed by atoms with E-state index in [1.165, 1.54) is 0 Å². The lowest BCUT2D eigenvalue weighted by atomic mass is 10.1. The number of fused-ring (bicyclic) bond motifs is 1. The summed E-state index contributed by atoms with van der Waals surface area (Å²) < 4.78 is 7.42. The van der Waals surface area contributed by atoms with Gasteiger partial charge in [-0.25, -0.2) is 0 Å². The molecule has 0 radical (unpaired) electrons. The second-order valence-corrected chi connectivity index (χ2v) is 4.93. The van der Waals surface area contributed by atoms with Crippen LogP contribution >= 0.6 is 0 Å². The largest absolute Gasteiger partial charge is 0.497 e. The molecule has 0 aliphatic rings. The average molecular weight is 261 g/mol. The number of methoxy groups -OCH3 is 1. The summed E-state index contributed by atoms with van der Waals surface area (Å²) in [4.78, 5) is 10.7. The SMILES string of the molecule is COc1ccc2c(CCC(=O)O)cn(C(C)C)c2c1. The van der Waals surface area contributed by atoms with Gasteiger partial charge in [0.1, 0.15) is 5.75 Å². The van der Waals surface area contributed by atoms with Crippen LogP contribution in [0.15, 0.2) is 24.4 Å². The van der Waals surface area contributed by atoms with Crippen molar-refractivity contribution < 1.29 is 14.6 Å². The third kappa shape index (κ3) is 2.72. The Labute approximate surface area is 112 Å². The van der Waals surface area contributed by atoms with Gasteiger partial charge in [-0.1, -0.05) is 0 Å². The first-order chi connectivity index (χ1) is 9.02. The van der Waals surface area contributed by atoms with Crippen LogP contribution in [0, 0.1) is 0 Å². The number of carboxylic acid groups (broad SMARTS) is 1. The van der Waals surface area contributed by atoms with Gasteiger partial charge in [0, 0.05) is 30.1 Å². The molecule has 19 heavy (non-hydrogen) atoms. The summed E-state index contributed by atoms with van der Waals surface area (Å²) >= 11 is 0. The van der Waals surface area contributed by atoms with Gasteiger partial charge in [0.2, 0.25) is 0 Å². The Morgan fingerprint density at radius 3 is 2.74 bits per heavy atom. The molecular weight excluding hydrogens is 242 g/mol. The predicted octanol–water partition coefficient (Wildman–Crippen LogP) is 3.25. The van der Waals surface area contributed by atoms with E-state index in [-0.39, 0.29) is 6.42 Å². The third-order valence-electron chi connectivity index (χ3n) is 3.29. The Bertz CT molecular complexity index is 599. The third-order valence-corrected chi connectivity index (χ3v) is 3.29. The van der Waals surface area contributed by atoms with E-state index in [4.69, 9.17) is 9.84 Å². The highest BCUT2D eigenvalue weighted by molar-refractivity contribution is 5.86. The van der Waals surface area contributed by atoms with Gasteiger partial charge in [-0.15, -0.1) is 0 Å². The van der Waals surface area contributed by atoms with Crippen molar-refractivity contribution in [3.63, 3.8) is 0 Å². The summed E-state index contributed by atoms with van der Waals surface area (Å²) in [5, 5.41) is 9.93. The van der Waals surface area contributed by atoms with E-state index in [0.717, 1.165) is 22.2 Å². The quantitative estimate of drug-likeness (QED) is 0.898. The minimum atomic E-state index is -0.765. The maximum atomic E-state index is 10.7. The number of hydrogen-bond acceptors (Lipinski definition) is 2. The van der Waals surface area contributed by atoms with Crippen molar-refractivity contribution in [1.29, 1.82) is 0 Å². The number of aromatic nitrogens is 1.